The highest BCUT2D eigenvalue weighted by Gasteiger charge is 1.90. The Morgan fingerprint density at radius 2 is 1.86 bits per heavy atom. The molecule has 0 aliphatic carbocycles. The topological polar surface area (TPSA) is 0 Å². The summed E-state index contributed by atoms with van der Waals surface area (Å²) in [4.78, 5) is 0. The number of hydrogen-bond donors (Lipinski definition) is 0. The third kappa shape index (κ3) is 6.24. The lowest BCUT2D eigenvalue weighted by molar-refractivity contribution is 0.983. The van der Waals surface area contributed by atoms with Gasteiger partial charge >= 0.3 is 0 Å². The maximum absolute atomic E-state index is 3.90. The highest BCUT2D eigenvalue weighted by molar-refractivity contribution is 5.38. The van der Waals surface area contributed by atoms with Crippen molar-refractivity contribution >= 4 is 0 Å². The first kappa shape index (κ1) is 12.7. The van der Waals surface area contributed by atoms with Gasteiger partial charge in [-0.15, -0.1) is 6.58 Å². The van der Waals surface area contributed by atoms with Crippen LogP contribution in [0.1, 0.15) is 26.7 Å². The Bertz CT molecular complexity index is 274. The summed E-state index contributed by atoms with van der Waals surface area (Å²) in [6.07, 6.45) is 10.1. The fourth-order valence-electron chi connectivity index (χ4n) is 1.01. The molecule has 0 atom stereocenters. The maximum Gasteiger partial charge on any atom is -0.0237 e. The summed E-state index contributed by atoms with van der Waals surface area (Å²) in [5.41, 5.74) is 3.43. The first-order valence-corrected chi connectivity index (χ1v) is 4.87. The monoisotopic (exact) mass is 188 g/mol. The average molecular weight is 188 g/mol. The Kier molecular flexibility index (Phi) is 6.47. The van der Waals surface area contributed by atoms with Gasteiger partial charge in [-0.3, -0.25) is 0 Å². The van der Waals surface area contributed by atoms with E-state index in [-0.39, 0.29) is 0 Å². The zero-order chi connectivity index (χ0) is 11.0. The predicted octanol–water partition coefficient (Wildman–Crippen LogP) is 4.59. The van der Waals surface area contributed by atoms with E-state index in [1.54, 1.807) is 6.08 Å². The Hall–Kier alpha value is -1.30. The van der Waals surface area contributed by atoms with E-state index >= 15 is 0 Å². The third-order valence-electron chi connectivity index (χ3n) is 1.83. The minimum Gasteiger partial charge on any atom is -0.100 e. The highest BCUT2D eigenvalue weighted by atomic mass is 14.0. The zero-order valence-electron chi connectivity index (χ0n) is 9.34. The van der Waals surface area contributed by atoms with Gasteiger partial charge in [0.1, 0.15) is 0 Å². The van der Waals surface area contributed by atoms with E-state index in [2.05, 4.69) is 31.9 Å². The van der Waals surface area contributed by atoms with Gasteiger partial charge in [0.2, 0.25) is 0 Å². The van der Waals surface area contributed by atoms with Gasteiger partial charge in [-0.05, 0) is 32.3 Å². The van der Waals surface area contributed by atoms with Gasteiger partial charge in [0.25, 0.3) is 0 Å². The molecule has 0 saturated heterocycles. The van der Waals surface area contributed by atoms with Crippen molar-refractivity contribution in [3.8, 4) is 0 Å². The summed E-state index contributed by atoms with van der Waals surface area (Å²) in [5.74, 6) is 0. The number of hydrogen-bond acceptors (Lipinski definition) is 0. The molecule has 0 saturated carbocycles. The van der Waals surface area contributed by atoms with Crippen LogP contribution < -0.4 is 0 Å². The maximum atomic E-state index is 3.90. The lowest BCUT2D eigenvalue weighted by Crippen LogP contribution is -1.78. The molecule has 0 spiro atoms. The van der Waals surface area contributed by atoms with Crippen molar-refractivity contribution in [3.05, 3.63) is 60.8 Å². The molecule has 0 heterocycles. The quantitative estimate of drug-likeness (QED) is 0.422. The van der Waals surface area contributed by atoms with E-state index in [1.807, 2.05) is 19.9 Å². The fourth-order valence-corrected chi connectivity index (χ4v) is 1.01. The lowest BCUT2D eigenvalue weighted by Gasteiger charge is -1.99. The fraction of sp³-hybridized carbons (Fsp3) is 0.286. The van der Waals surface area contributed by atoms with Crippen LogP contribution in [-0.4, -0.2) is 0 Å². The van der Waals surface area contributed by atoms with Gasteiger partial charge in [0.05, 0.1) is 0 Å². The van der Waals surface area contributed by atoms with Crippen molar-refractivity contribution in [2.45, 2.75) is 26.7 Å². The van der Waals surface area contributed by atoms with Crippen LogP contribution >= 0.6 is 0 Å². The van der Waals surface area contributed by atoms with Crippen LogP contribution in [0.15, 0.2) is 60.8 Å². The second-order valence-corrected chi connectivity index (χ2v) is 3.54. The van der Waals surface area contributed by atoms with Gasteiger partial charge in [-0.2, -0.15) is 0 Å². The summed E-state index contributed by atoms with van der Waals surface area (Å²) in [7, 11) is 0. The molecule has 0 radical (unpaired) electrons. The molecule has 0 aromatic carbocycles. The van der Waals surface area contributed by atoms with Crippen molar-refractivity contribution in [1.29, 1.82) is 0 Å². The van der Waals surface area contributed by atoms with Crippen LogP contribution in [-0.2, 0) is 0 Å². The molecule has 0 heteroatoms. The average Bonchev–Trinajstić information content (AvgIpc) is 2.09. The van der Waals surface area contributed by atoms with E-state index in [0.717, 1.165) is 24.0 Å². The molecule has 0 aromatic rings. The Labute approximate surface area is 88.0 Å². The van der Waals surface area contributed by atoms with Crippen molar-refractivity contribution in [2.24, 2.45) is 0 Å². The van der Waals surface area contributed by atoms with Crippen molar-refractivity contribution in [1.82, 2.24) is 0 Å². The summed E-state index contributed by atoms with van der Waals surface area (Å²) in [6, 6.07) is 0. The Morgan fingerprint density at radius 3 is 2.29 bits per heavy atom. The number of rotatable bonds is 6. The molecule has 0 bridgehead atoms. The summed E-state index contributed by atoms with van der Waals surface area (Å²) >= 11 is 0. The van der Waals surface area contributed by atoms with Crippen LogP contribution in [0.5, 0.6) is 0 Å². The van der Waals surface area contributed by atoms with Crippen LogP contribution in [0, 0.1) is 0 Å². The lowest BCUT2D eigenvalue weighted by atomic mass is 10.1. The van der Waals surface area contributed by atoms with Crippen LogP contribution in [0.25, 0.3) is 0 Å². The smallest absolute Gasteiger partial charge is 0.0237 e. The molecular formula is C14H20. The first-order chi connectivity index (χ1) is 6.57. The standard InChI is InChI=1S/C14H20/c1-6-9-14(13(4)5)11-8-7-10-12(2)3/h6,8-9,11H,1-2,4,7,10H2,3,5H3/b11-8-,14-9-. The van der Waals surface area contributed by atoms with Gasteiger partial charge in [0, 0.05) is 0 Å². The molecule has 0 rings (SSSR count). The predicted molar refractivity (Wildman–Crippen MR) is 66.3 cm³/mol. The van der Waals surface area contributed by atoms with E-state index in [9.17, 15) is 0 Å². The number of allylic oxidation sites excluding steroid dienone is 7. The molecule has 0 amide bonds. The van der Waals surface area contributed by atoms with Gasteiger partial charge in [-0.25, -0.2) is 0 Å². The summed E-state index contributed by atoms with van der Waals surface area (Å²) in [6.45, 7) is 15.5. The van der Waals surface area contributed by atoms with Crippen molar-refractivity contribution in [3.63, 3.8) is 0 Å². The minimum absolute atomic E-state index is 1.04. The molecule has 0 aromatic heterocycles. The molecule has 0 fully saturated rings. The van der Waals surface area contributed by atoms with Crippen LogP contribution in [0.4, 0.5) is 0 Å². The molecule has 0 nitrogen and oxygen atoms in total. The Morgan fingerprint density at radius 1 is 1.21 bits per heavy atom. The molecule has 76 valence electrons. The summed E-state index contributed by atoms with van der Waals surface area (Å²) in [5, 5.41) is 0. The highest BCUT2D eigenvalue weighted by Crippen LogP contribution is 2.10. The molecule has 14 heavy (non-hydrogen) atoms. The van der Waals surface area contributed by atoms with E-state index in [1.165, 1.54) is 5.57 Å². The van der Waals surface area contributed by atoms with Gasteiger partial charge in [-0.1, -0.05) is 48.6 Å². The third-order valence-corrected chi connectivity index (χ3v) is 1.83. The van der Waals surface area contributed by atoms with E-state index in [4.69, 9.17) is 0 Å². The largest absolute Gasteiger partial charge is 0.100 e. The normalized spacial score (nSPS) is 11.7. The Balaban J connectivity index is 4.17. The van der Waals surface area contributed by atoms with Crippen molar-refractivity contribution < 1.29 is 0 Å². The molecule has 0 unspecified atom stereocenters. The molecule has 0 aliphatic rings. The SMILES string of the molecule is C=C/C=C(/C=C\CCC(=C)C)C(=C)C. The first-order valence-electron chi connectivity index (χ1n) is 4.87. The minimum atomic E-state index is 1.04. The second kappa shape index (κ2) is 7.14. The summed E-state index contributed by atoms with van der Waals surface area (Å²) < 4.78 is 0. The molecular weight excluding hydrogens is 168 g/mol. The van der Waals surface area contributed by atoms with Crippen LogP contribution in [0.3, 0.4) is 0 Å². The van der Waals surface area contributed by atoms with Crippen molar-refractivity contribution in [2.75, 3.05) is 0 Å². The second-order valence-electron chi connectivity index (χ2n) is 3.54. The van der Waals surface area contributed by atoms with E-state index in [0.29, 0.717) is 0 Å². The van der Waals surface area contributed by atoms with Gasteiger partial charge in [0.15, 0.2) is 0 Å². The zero-order valence-corrected chi connectivity index (χ0v) is 9.34. The van der Waals surface area contributed by atoms with E-state index < -0.39 is 0 Å². The van der Waals surface area contributed by atoms with Crippen LogP contribution in [0.2, 0.25) is 0 Å². The van der Waals surface area contributed by atoms with Gasteiger partial charge < -0.3 is 0 Å². The molecule has 0 aliphatic heterocycles. The molecule has 0 N–H and O–H groups in total.